The van der Waals surface area contributed by atoms with Gasteiger partial charge in [0.25, 0.3) is 5.56 Å². The van der Waals surface area contributed by atoms with Crippen LogP contribution in [-0.4, -0.2) is 36.3 Å². The van der Waals surface area contributed by atoms with Crippen LogP contribution in [0.2, 0.25) is 0 Å². The molecule has 0 unspecified atom stereocenters. The number of anilines is 1. The van der Waals surface area contributed by atoms with E-state index >= 15 is 0 Å². The lowest BCUT2D eigenvalue weighted by atomic mass is 9.96. The first-order valence-corrected chi connectivity index (χ1v) is 10.8. The highest BCUT2D eigenvalue weighted by molar-refractivity contribution is 5.74. The molecular formula is C23H23N7O2. The van der Waals surface area contributed by atoms with E-state index in [4.69, 9.17) is 4.52 Å². The first-order chi connectivity index (χ1) is 15.6. The molecule has 3 aromatic heterocycles. The molecule has 2 aliphatic rings. The fourth-order valence-corrected chi connectivity index (χ4v) is 4.90. The Morgan fingerprint density at radius 2 is 2.06 bits per heavy atom. The van der Waals surface area contributed by atoms with Crippen LogP contribution < -0.4 is 10.9 Å². The van der Waals surface area contributed by atoms with Crippen LogP contribution in [0.4, 0.5) is 5.95 Å². The Morgan fingerprint density at radius 1 is 1.22 bits per heavy atom. The third kappa shape index (κ3) is 3.04. The summed E-state index contributed by atoms with van der Waals surface area (Å²) in [6, 6.07) is 10.6. The van der Waals surface area contributed by atoms with Crippen molar-refractivity contribution in [1.29, 1.82) is 0 Å². The van der Waals surface area contributed by atoms with Gasteiger partial charge in [0.2, 0.25) is 11.8 Å². The Kier molecular flexibility index (Phi) is 4.24. The summed E-state index contributed by atoms with van der Waals surface area (Å²) in [7, 11) is 3.54. The van der Waals surface area contributed by atoms with Gasteiger partial charge in [-0.1, -0.05) is 41.1 Å². The molecule has 162 valence electrons. The van der Waals surface area contributed by atoms with Crippen LogP contribution in [0.25, 0.3) is 16.7 Å². The topological polar surface area (TPSA) is 104 Å². The number of fused-ring (bicyclic) bond motifs is 2. The molecule has 1 saturated carbocycles. The van der Waals surface area contributed by atoms with E-state index in [0.29, 0.717) is 41.2 Å². The molecule has 1 aromatic carbocycles. The number of hydrogen-bond acceptors (Lipinski definition) is 7. The number of aromatic nitrogens is 6. The maximum absolute atomic E-state index is 13.0. The molecule has 0 bridgehead atoms. The van der Waals surface area contributed by atoms with Crippen LogP contribution in [-0.2, 0) is 20.0 Å². The van der Waals surface area contributed by atoms with Gasteiger partial charge in [-0.2, -0.15) is 9.97 Å². The summed E-state index contributed by atoms with van der Waals surface area (Å²) in [6.45, 7) is 0.172. The Morgan fingerprint density at radius 3 is 2.88 bits per heavy atom. The first kappa shape index (κ1) is 19.0. The molecular weight excluding hydrogens is 406 g/mol. The zero-order chi connectivity index (χ0) is 21.8. The Labute approximate surface area is 183 Å². The van der Waals surface area contributed by atoms with Gasteiger partial charge in [0, 0.05) is 20.5 Å². The van der Waals surface area contributed by atoms with Gasteiger partial charge in [-0.05, 0) is 35.8 Å². The predicted octanol–water partition coefficient (Wildman–Crippen LogP) is 2.64. The molecule has 0 aliphatic heterocycles. The Balaban J connectivity index is 1.27. The molecule has 9 heteroatoms. The van der Waals surface area contributed by atoms with E-state index < -0.39 is 0 Å². The molecule has 3 heterocycles. The third-order valence-electron chi connectivity index (χ3n) is 6.59. The van der Waals surface area contributed by atoms with Crippen LogP contribution in [0.3, 0.4) is 0 Å². The summed E-state index contributed by atoms with van der Waals surface area (Å²) in [4.78, 5) is 26.2. The van der Waals surface area contributed by atoms with Gasteiger partial charge < -0.3 is 14.4 Å². The summed E-state index contributed by atoms with van der Waals surface area (Å²) < 4.78 is 8.66. The lowest BCUT2D eigenvalue weighted by Crippen LogP contribution is -2.22. The molecule has 0 saturated heterocycles. The van der Waals surface area contributed by atoms with E-state index in [0.717, 1.165) is 12.3 Å². The van der Waals surface area contributed by atoms with E-state index in [1.807, 2.05) is 6.07 Å². The molecule has 2 aliphatic carbocycles. The molecule has 0 radical (unpaired) electrons. The van der Waals surface area contributed by atoms with Crippen molar-refractivity contribution < 1.29 is 4.52 Å². The van der Waals surface area contributed by atoms with Crippen LogP contribution >= 0.6 is 0 Å². The third-order valence-corrected chi connectivity index (χ3v) is 6.59. The van der Waals surface area contributed by atoms with Crippen LogP contribution in [0.1, 0.15) is 30.1 Å². The van der Waals surface area contributed by atoms with Gasteiger partial charge in [-0.15, -0.1) is 0 Å². The average Bonchev–Trinajstić information content (AvgIpc) is 3.11. The minimum Gasteiger partial charge on any atom is -0.359 e. The quantitative estimate of drug-likeness (QED) is 0.502. The number of imidazole rings is 1. The molecule has 2 atom stereocenters. The van der Waals surface area contributed by atoms with Crippen molar-refractivity contribution >= 4 is 22.7 Å². The van der Waals surface area contributed by atoms with Crippen molar-refractivity contribution in [3.63, 3.8) is 0 Å². The van der Waals surface area contributed by atoms with Crippen LogP contribution in [0, 0.1) is 11.8 Å². The largest absolute Gasteiger partial charge is 0.359 e. The van der Waals surface area contributed by atoms with Crippen LogP contribution in [0.5, 0.6) is 0 Å². The normalized spacial score (nSPS) is 19.6. The van der Waals surface area contributed by atoms with E-state index in [1.165, 1.54) is 34.0 Å². The van der Waals surface area contributed by atoms with Crippen molar-refractivity contribution in [1.82, 2.24) is 29.2 Å². The summed E-state index contributed by atoms with van der Waals surface area (Å²) in [5.41, 5.74) is 4.80. The zero-order valence-corrected chi connectivity index (χ0v) is 17.9. The zero-order valence-electron chi connectivity index (χ0n) is 17.9. The van der Waals surface area contributed by atoms with Gasteiger partial charge in [0.1, 0.15) is 12.9 Å². The molecule has 0 spiro atoms. The van der Waals surface area contributed by atoms with E-state index in [1.54, 1.807) is 18.7 Å². The maximum atomic E-state index is 13.0. The lowest BCUT2D eigenvalue weighted by molar-refractivity contribution is 0.365. The van der Waals surface area contributed by atoms with Gasteiger partial charge in [0.15, 0.2) is 17.0 Å². The van der Waals surface area contributed by atoms with Crippen molar-refractivity contribution in [2.24, 2.45) is 18.9 Å². The second-order valence-corrected chi connectivity index (χ2v) is 8.55. The van der Waals surface area contributed by atoms with Gasteiger partial charge in [-0.25, -0.2) is 4.98 Å². The first-order valence-electron chi connectivity index (χ1n) is 10.8. The van der Waals surface area contributed by atoms with Crippen molar-refractivity contribution in [3.05, 3.63) is 69.9 Å². The van der Waals surface area contributed by atoms with Crippen molar-refractivity contribution in [3.8, 4) is 0 Å². The highest BCUT2D eigenvalue weighted by Gasteiger charge is 2.46. The molecule has 0 amide bonds. The standard InChI is InChI=1S/C23H23N7O2/c1-24-23-27-21-20(29(23)2)22(31)30(12-25-21)11-19-26-18(28-32-19)10-17-15(8-14-9-16(14)17)13-6-4-3-5-7-13/h3-7,12,14,16H,8-11H2,1-2H3,(H,24,27)/t14-,16+/m0/s1. The van der Waals surface area contributed by atoms with Gasteiger partial charge in [0.05, 0.1) is 0 Å². The maximum Gasteiger partial charge on any atom is 0.280 e. The van der Waals surface area contributed by atoms with E-state index in [2.05, 4.69) is 49.7 Å². The van der Waals surface area contributed by atoms with Crippen LogP contribution in [0.15, 0.2) is 51.5 Å². The summed E-state index contributed by atoms with van der Waals surface area (Å²) in [5.74, 6) is 3.05. The van der Waals surface area contributed by atoms with Gasteiger partial charge >= 0.3 is 0 Å². The highest BCUT2D eigenvalue weighted by atomic mass is 16.5. The van der Waals surface area contributed by atoms with E-state index in [-0.39, 0.29) is 12.1 Å². The Bertz CT molecular complexity index is 1410. The summed E-state index contributed by atoms with van der Waals surface area (Å²) in [5, 5.41) is 7.16. The number of aryl methyl sites for hydroxylation is 1. The fraction of sp³-hybridized carbons (Fsp3) is 0.348. The second kappa shape index (κ2) is 7.15. The Hall–Kier alpha value is -3.75. The highest BCUT2D eigenvalue weighted by Crippen LogP contribution is 2.58. The average molecular weight is 429 g/mol. The molecule has 9 nitrogen and oxygen atoms in total. The molecule has 4 aromatic rings. The second-order valence-electron chi connectivity index (χ2n) is 8.55. The number of allylic oxidation sites excluding steroid dienone is 2. The van der Waals surface area contributed by atoms with E-state index in [9.17, 15) is 4.79 Å². The smallest absolute Gasteiger partial charge is 0.280 e. The minimum atomic E-state index is -0.197. The fourth-order valence-electron chi connectivity index (χ4n) is 4.90. The number of hydrogen-bond donors (Lipinski definition) is 1. The summed E-state index contributed by atoms with van der Waals surface area (Å²) >= 11 is 0. The number of nitrogens with one attached hydrogen (secondary N) is 1. The minimum absolute atomic E-state index is 0.172. The van der Waals surface area contributed by atoms with Gasteiger partial charge in [-0.3, -0.25) is 9.36 Å². The molecule has 1 fully saturated rings. The number of rotatable bonds is 6. The molecule has 6 rings (SSSR count). The lowest BCUT2D eigenvalue weighted by Gasteiger charge is -2.09. The molecule has 32 heavy (non-hydrogen) atoms. The SMILES string of the molecule is CNc1nc2ncn(Cc3nc(CC4=C(c5ccccc5)C[C@H]5C[C@@H]45)no3)c(=O)c2n1C. The number of benzene rings is 1. The number of nitrogens with zero attached hydrogens (tertiary/aromatic N) is 6. The summed E-state index contributed by atoms with van der Waals surface area (Å²) in [6.07, 6.45) is 4.56. The van der Waals surface area contributed by atoms with Crippen molar-refractivity contribution in [2.75, 3.05) is 12.4 Å². The van der Waals surface area contributed by atoms with Crippen molar-refractivity contribution in [2.45, 2.75) is 25.8 Å². The molecule has 1 N–H and O–H groups in total. The monoisotopic (exact) mass is 429 g/mol. The predicted molar refractivity (Wildman–Crippen MR) is 119 cm³/mol.